The van der Waals surface area contributed by atoms with Crippen LogP contribution in [0.1, 0.15) is 70.7 Å². The number of aromatic nitrogens is 2. The molecule has 0 aromatic carbocycles. The highest BCUT2D eigenvalue weighted by atomic mass is 79.9. The number of halogens is 4. The standard InChI is InChI=1S/C20H34BrF3N4O/c1-5-7-9-11-27(12-10-8-6-2)13-15(3)25-17(29)14-28-16(4)18(21)19(26-28)20(22,23)24/h15H,5-14H2,1-4H3,(H,25,29). The molecule has 1 heterocycles. The van der Waals surface area contributed by atoms with Crippen LogP contribution in [0.5, 0.6) is 0 Å². The number of carbonyl (C=O) groups excluding carboxylic acids is 1. The van der Waals surface area contributed by atoms with Crippen LogP contribution >= 0.6 is 15.9 Å². The lowest BCUT2D eigenvalue weighted by Crippen LogP contribution is -2.43. The molecule has 0 saturated heterocycles. The van der Waals surface area contributed by atoms with Crippen LogP contribution in [0.25, 0.3) is 0 Å². The summed E-state index contributed by atoms with van der Waals surface area (Å²) in [7, 11) is 0. The second-order valence-electron chi connectivity index (χ2n) is 7.59. The maximum absolute atomic E-state index is 13.0. The van der Waals surface area contributed by atoms with Crippen LogP contribution in [0.2, 0.25) is 0 Å². The van der Waals surface area contributed by atoms with E-state index in [1.54, 1.807) is 0 Å². The van der Waals surface area contributed by atoms with Crippen molar-refractivity contribution >= 4 is 21.8 Å². The summed E-state index contributed by atoms with van der Waals surface area (Å²) in [4.78, 5) is 14.7. The highest BCUT2D eigenvalue weighted by molar-refractivity contribution is 9.10. The molecule has 1 N–H and O–H groups in total. The van der Waals surface area contributed by atoms with Crippen molar-refractivity contribution in [3.05, 3.63) is 15.9 Å². The molecule has 0 aliphatic carbocycles. The van der Waals surface area contributed by atoms with Crippen molar-refractivity contribution in [1.29, 1.82) is 0 Å². The van der Waals surface area contributed by atoms with Crippen molar-refractivity contribution in [1.82, 2.24) is 20.0 Å². The fraction of sp³-hybridized carbons (Fsp3) is 0.800. The number of rotatable bonds is 13. The Labute approximate surface area is 180 Å². The lowest BCUT2D eigenvalue weighted by atomic mass is 10.2. The van der Waals surface area contributed by atoms with E-state index in [9.17, 15) is 18.0 Å². The Bertz CT molecular complexity index is 624. The summed E-state index contributed by atoms with van der Waals surface area (Å²) in [5.41, 5.74) is -0.727. The van der Waals surface area contributed by atoms with Crippen molar-refractivity contribution < 1.29 is 18.0 Å². The Morgan fingerprint density at radius 2 is 1.72 bits per heavy atom. The van der Waals surface area contributed by atoms with Crippen LogP contribution in [0.15, 0.2) is 4.47 Å². The van der Waals surface area contributed by atoms with E-state index in [-0.39, 0.29) is 28.7 Å². The van der Waals surface area contributed by atoms with Gasteiger partial charge in [-0.3, -0.25) is 9.48 Å². The van der Waals surface area contributed by atoms with Gasteiger partial charge in [0.1, 0.15) is 6.54 Å². The SMILES string of the molecule is CCCCCN(CCCCC)CC(C)NC(=O)Cn1nc(C(F)(F)F)c(Br)c1C. The van der Waals surface area contributed by atoms with E-state index >= 15 is 0 Å². The zero-order chi connectivity index (χ0) is 22.0. The summed E-state index contributed by atoms with van der Waals surface area (Å²) in [5, 5.41) is 6.46. The summed E-state index contributed by atoms with van der Waals surface area (Å²) in [6, 6.07) is -0.0906. The van der Waals surface area contributed by atoms with Gasteiger partial charge in [0, 0.05) is 12.6 Å². The van der Waals surface area contributed by atoms with Gasteiger partial charge in [-0.05, 0) is 55.7 Å². The number of hydrogen-bond donors (Lipinski definition) is 1. The summed E-state index contributed by atoms with van der Waals surface area (Å²) >= 11 is 2.93. The molecule has 1 aromatic heterocycles. The van der Waals surface area contributed by atoms with E-state index in [4.69, 9.17) is 0 Å². The minimum Gasteiger partial charge on any atom is -0.351 e. The van der Waals surface area contributed by atoms with Crippen molar-refractivity contribution in [2.24, 2.45) is 0 Å². The highest BCUT2D eigenvalue weighted by Gasteiger charge is 2.38. The van der Waals surface area contributed by atoms with E-state index in [0.29, 0.717) is 0 Å². The van der Waals surface area contributed by atoms with Crippen LogP contribution in [-0.2, 0) is 17.5 Å². The fourth-order valence-electron chi connectivity index (χ4n) is 3.21. The van der Waals surface area contributed by atoms with E-state index in [0.717, 1.165) is 50.0 Å². The molecule has 5 nitrogen and oxygen atoms in total. The van der Waals surface area contributed by atoms with Gasteiger partial charge >= 0.3 is 6.18 Å². The number of hydrogen-bond acceptors (Lipinski definition) is 3. The molecule has 0 radical (unpaired) electrons. The van der Waals surface area contributed by atoms with Crippen molar-refractivity contribution in [2.75, 3.05) is 19.6 Å². The molecule has 1 unspecified atom stereocenters. The number of amides is 1. The average molecular weight is 483 g/mol. The molecule has 1 amide bonds. The van der Waals surface area contributed by atoms with Gasteiger partial charge in [-0.25, -0.2) is 0 Å². The molecule has 9 heteroatoms. The van der Waals surface area contributed by atoms with E-state index in [1.165, 1.54) is 19.8 Å². The third-order valence-electron chi connectivity index (χ3n) is 4.79. The van der Waals surface area contributed by atoms with E-state index < -0.39 is 11.9 Å². The zero-order valence-electron chi connectivity index (χ0n) is 17.9. The predicted octanol–water partition coefficient (Wildman–Crippen LogP) is 5.16. The van der Waals surface area contributed by atoms with Crippen LogP contribution in [-0.4, -0.2) is 46.3 Å². The average Bonchev–Trinajstić information content (AvgIpc) is 2.90. The van der Waals surface area contributed by atoms with Crippen molar-refractivity contribution in [2.45, 2.75) is 85.0 Å². The van der Waals surface area contributed by atoms with Crippen LogP contribution in [0.3, 0.4) is 0 Å². The topological polar surface area (TPSA) is 50.2 Å². The first-order chi connectivity index (χ1) is 13.6. The van der Waals surface area contributed by atoms with Gasteiger partial charge in [0.15, 0.2) is 5.69 Å². The third-order valence-corrected chi connectivity index (χ3v) is 5.74. The Kier molecular flexibility index (Phi) is 11.2. The second-order valence-corrected chi connectivity index (χ2v) is 8.38. The summed E-state index contributed by atoms with van der Waals surface area (Å²) in [6.07, 6.45) is 2.38. The normalized spacial score (nSPS) is 13.1. The highest BCUT2D eigenvalue weighted by Crippen LogP contribution is 2.35. The molecule has 1 atom stereocenters. The van der Waals surface area contributed by atoms with Gasteiger partial charge in [0.25, 0.3) is 0 Å². The number of nitrogens with one attached hydrogen (secondary N) is 1. The molecule has 29 heavy (non-hydrogen) atoms. The molecule has 0 aliphatic rings. The first-order valence-corrected chi connectivity index (χ1v) is 11.2. The number of nitrogens with zero attached hydrogens (tertiary/aromatic N) is 3. The molecule has 0 saturated carbocycles. The molecule has 1 rings (SSSR count). The molecule has 0 bridgehead atoms. The molecule has 168 valence electrons. The maximum Gasteiger partial charge on any atom is 0.436 e. The zero-order valence-corrected chi connectivity index (χ0v) is 19.5. The second kappa shape index (κ2) is 12.6. The van der Waals surface area contributed by atoms with Crippen molar-refractivity contribution in [3.63, 3.8) is 0 Å². The van der Waals surface area contributed by atoms with E-state index in [2.05, 4.69) is 45.1 Å². The largest absolute Gasteiger partial charge is 0.436 e. The van der Waals surface area contributed by atoms with E-state index in [1.807, 2.05) is 6.92 Å². The van der Waals surface area contributed by atoms with Crippen LogP contribution in [0, 0.1) is 6.92 Å². The van der Waals surface area contributed by atoms with Crippen molar-refractivity contribution in [3.8, 4) is 0 Å². The maximum atomic E-state index is 13.0. The molecule has 0 fully saturated rings. The summed E-state index contributed by atoms with van der Waals surface area (Å²) in [6.45, 7) is 10.3. The lowest BCUT2D eigenvalue weighted by Gasteiger charge is -2.26. The molecular formula is C20H34BrF3N4O. The number of alkyl halides is 3. The first-order valence-electron chi connectivity index (χ1n) is 10.4. The van der Waals surface area contributed by atoms with Gasteiger partial charge in [0.2, 0.25) is 5.91 Å². The van der Waals surface area contributed by atoms with Gasteiger partial charge in [-0.15, -0.1) is 0 Å². The van der Waals surface area contributed by atoms with Crippen LogP contribution < -0.4 is 5.32 Å². The number of unbranched alkanes of at least 4 members (excludes halogenated alkanes) is 4. The van der Waals surface area contributed by atoms with Gasteiger partial charge in [-0.1, -0.05) is 39.5 Å². The van der Waals surface area contributed by atoms with Gasteiger partial charge < -0.3 is 10.2 Å². The fourth-order valence-corrected chi connectivity index (χ4v) is 3.72. The molecule has 1 aromatic rings. The van der Waals surface area contributed by atoms with Gasteiger partial charge in [0.05, 0.1) is 10.2 Å². The Hall–Kier alpha value is -1.09. The Morgan fingerprint density at radius 3 is 2.17 bits per heavy atom. The Balaban J connectivity index is 2.63. The molecule has 0 spiro atoms. The number of carbonyl (C=O) groups is 1. The minimum absolute atomic E-state index is 0.0906. The molecule has 0 aliphatic heterocycles. The summed E-state index contributed by atoms with van der Waals surface area (Å²) in [5.74, 6) is -0.341. The minimum atomic E-state index is -4.56. The first kappa shape index (κ1) is 25.9. The summed E-state index contributed by atoms with van der Waals surface area (Å²) < 4.78 is 39.9. The predicted molar refractivity (Wildman–Crippen MR) is 113 cm³/mol. The lowest BCUT2D eigenvalue weighted by molar-refractivity contribution is -0.142. The van der Waals surface area contributed by atoms with Gasteiger partial charge in [-0.2, -0.15) is 18.3 Å². The Morgan fingerprint density at radius 1 is 1.17 bits per heavy atom. The molecular weight excluding hydrogens is 449 g/mol. The monoisotopic (exact) mass is 482 g/mol. The third kappa shape index (κ3) is 9.07. The van der Waals surface area contributed by atoms with Crippen LogP contribution in [0.4, 0.5) is 13.2 Å². The quantitative estimate of drug-likeness (QED) is 0.395. The smallest absolute Gasteiger partial charge is 0.351 e.